The summed E-state index contributed by atoms with van der Waals surface area (Å²) < 4.78 is 4.41. The number of hydrogen-bond acceptors (Lipinski definition) is 5. The molecule has 0 bridgehead atoms. The molecule has 0 spiro atoms. The van der Waals surface area contributed by atoms with Crippen LogP contribution in [0, 0.1) is 0 Å². The van der Waals surface area contributed by atoms with E-state index in [1.165, 1.54) is 9.56 Å². The number of rotatable bonds is 4. The Morgan fingerprint density at radius 2 is 1.85 bits per heavy atom. The van der Waals surface area contributed by atoms with Crippen LogP contribution in [-0.2, 0) is 24.2 Å². The van der Waals surface area contributed by atoms with Gasteiger partial charge in [-0.3, -0.25) is 14.0 Å². The van der Waals surface area contributed by atoms with E-state index in [-0.39, 0.29) is 18.0 Å². The summed E-state index contributed by atoms with van der Waals surface area (Å²) in [5, 5.41) is 4.54. The van der Waals surface area contributed by atoms with Gasteiger partial charge in [0.05, 0.1) is 10.2 Å². The third-order valence-corrected chi connectivity index (χ3v) is 6.51. The SMILES string of the molecule is CCc1cc2c(cc3c(=O)n(CC(=O)N4CCN(C)CC4)nc(CC)n32)s1. The Morgan fingerprint density at radius 1 is 1.11 bits per heavy atom. The molecular formula is C19H25N5O2S. The van der Waals surface area contributed by atoms with E-state index in [4.69, 9.17) is 0 Å². The van der Waals surface area contributed by atoms with Crippen molar-refractivity contribution in [1.29, 1.82) is 0 Å². The van der Waals surface area contributed by atoms with E-state index in [0.29, 0.717) is 25.0 Å². The van der Waals surface area contributed by atoms with Crippen LogP contribution in [0.15, 0.2) is 16.9 Å². The van der Waals surface area contributed by atoms with E-state index in [1.807, 2.05) is 22.3 Å². The molecule has 4 rings (SSSR count). The summed E-state index contributed by atoms with van der Waals surface area (Å²) in [7, 11) is 2.05. The molecule has 0 aliphatic carbocycles. The summed E-state index contributed by atoms with van der Waals surface area (Å²) in [5.74, 6) is 0.775. The Morgan fingerprint density at radius 3 is 2.52 bits per heavy atom. The molecule has 1 aliphatic rings. The summed E-state index contributed by atoms with van der Waals surface area (Å²) >= 11 is 1.72. The topological polar surface area (TPSA) is 62.9 Å². The second-order valence-electron chi connectivity index (χ2n) is 7.10. The Balaban J connectivity index is 1.72. The number of aryl methyl sites for hydroxylation is 2. The van der Waals surface area contributed by atoms with Crippen LogP contribution in [0.4, 0.5) is 0 Å². The maximum atomic E-state index is 13.0. The predicted octanol–water partition coefficient (Wildman–Crippen LogP) is 1.61. The molecule has 3 aromatic heterocycles. The Bertz CT molecular complexity index is 1060. The fourth-order valence-electron chi connectivity index (χ4n) is 3.63. The molecule has 8 heteroatoms. The van der Waals surface area contributed by atoms with E-state index in [0.717, 1.165) is 35.6 Å². The van der Waals surface area contributed by atoms with Crippen LogP contribution >= 0.6 is 11.3 Å². The van der Waals surface area contributed by atoms with E-state index in [9.17, 15) is 9.59 Å². The number of piperazine rings is 1. The smallest absolute Gasteiger partial charge is 0.291 e. The van der Waals surface area contributed by atoms with Crippen molar-refractivity contribution in [2.45, 2.75) is 33.2 Å². The number of likely N-dealkylation sites (N-methyl/N-ethyl adjacent to an activating group) is 1. The van der Waals surface area contributed by atoms with Gasteiger partial charge in [-0.15, -0.1) is 11.3 Å². The highest BCUT2D eigenvalue weighted by molar-refractivity contribution is 7.19. The van der Waals surface area contributed by atoms with Crippen LogP contribution in [0.2, 0.25) is 0 Å². The van der Waals surface area contributed by atoms with Crippen molar-refractivity contribution < 1.29 is 4.79 Å². The largest absolute Gasteiger partial charge is 0.339 e. The third kappa shape index (κ3) is 3.17. The van der Waals surface area contributed by atoms with Gasteiger partial charge in [-0.25, -0.2) is 4.68 Å². The number of hydrogen-bond donors (Lipinski definition) is 0. The summed E-state index contributed by atoms with van der Waals surface area (Å²) in [6.45, 7) is 7.29. The van der Waals surface area contributed by atoms with Gasteiger partial charge in [0, 0.05) is 37.5 Å². The van der Waals surface area contributed by atoms with E-state index in [2.05, 4.69) is 30.0 Å². The lowest BCUT2D eigenvalue weighted by Gasteiger charge is -2.32. The Labute approximate surface area is 161 Å². The normalized spacial score (nSPS) is 15.9. The van der Waals surface area contributed by atoms with Crippen LogP contribution in [-0.4, -0.2) is 63.1 Å². The van der Waals surface area contributed by atoms with Crippen LogP contribution in [0.3, 0.4) is 0 Å². The maximum absolute atomic E-state index is 13.0. The van der Waals surface area contributed by atoms with Gasteiger partial charge in [-0.2, -0.15) is 5.10 Å². The van der Waals surface area contributed by atoms with Crippen molar-refractivity contribution in [3.05, 3.63) is 33.2 Å². The molecule has 1 fully saturated rings. The van der Waals surface area contributed by atoms with Gasteiger partial charge < -0.3 is 9.80 Å². The molecule has 144 valence electrons. The van der Waals surface area contributed by atoms with Crippen LogP contribution < -0.4 is 5.56 Å². The highest BCUT2D eigenvalue weighted by Crippen LogP contribution is 2.29. The number of nitrogens with zero attached hydrogens (tertiary/aromatic N) is 5. The standard InChI is InChI=1S/C19H25N5O2S/c1-4-13-10-14-16(27-13)11-15-19(26)23(20-17(5-2)24(14)15)12-18(25)22-8-6-21(3)7-9-22/h10-11H,4-9,12H2,1-3H3. The molecule has 1 saturated heterocycles. The fraction of sp³-hybridized carbons (Fsp3) is 0.526. The first kappa shape index (κ1) is 18.2. The molecule has 0 aromatic carbocycles. The van der Waals surface area contributed by atoms with Crippen molar-refractivity contribution in [1.82, 2.24) is 24.0 Å². The van der Waals surface area contributed by atoms with Crippen LogP contribution in [0.1, 0.15) is 24.5 Å². The molecule has 1 aliphatic heterocycles. The molecular weight excluding hydrogens is 362 g/mol. The average Bonchev–Trinajstić information content (AvgIpc) is 3.22. The molecule has 27 heavy (non-hydrogen) atoms. The van der Waals surface area contributed by atoms with Gasteiger partial charge in [0.1, 0.15) is 17.9 Å². The van der Waals surface area contributed by atoms with Crippen molar-refractivity contribution in [2.24, 2.45) is 0 Å². The Kier molecular flexibility index (Phi) is 4.77. The second-order valence-corrected chi connectivity index (χ2v) is 8.27. The highest BCUT2D eigenvalue weighted by atomic mass is 32.1. The molecule has 0 unspecified atom stereocenters. The lowest BCUT2D eigenvalue weighted by molar-refractivity contribution is -0.133. The molecule has 1 amide bonds. The average molecular weight is 388 g/mol. The van der Waals surface area contributed by atoms with Crippen molar-refractivity contribution >= 4 is 33.0 Å². The molecule has 0 radical (unpaired) electrons. The minimum Gasteiger partial charge on any atom is -0.339 e. The first-order valence-corrected chi connectivity index (χ1v) is 10.3. The van der Waals surface area contributed by atoms with E-state index >= 15 is 0 Å². The lowest BCUT2D eigenvalue weighted by atomic mass is 10.3. The first-order chi connectivity index (χ1) is 13.0. The number of carbonyl (C=O) groups is 1. The third-order valence-electron chi connectivity index (χ3n) is 5.29. The number of amides is 1. The molecule has 0 atom stereocenters. The molecule has 0 saturated carbocycles. The quantitative estimate of drug-likeness (QED) is 0.682. The highest BCUT2D eigenvalue weighted by Gasteiger charge is 2.22. The van der Waals surface area contributed by atoms with Gasteiger partial charge in [0.2, 0.25) is 5.91 Å². The number of fused-ring (bicyclic) bond motifs is 3. The van der Waals surface area contributed by atoms with Gasteiger partial charge in [0.25, 0.3) is 5.56 Å². The Hall–Kier alpha value is -2.19. The number of aromatic nitrogens is 3. The van der Waals surface area contributed by atoms with Crippen molar-refractivity contribution in [2.75, 3.05) is 33.2 Å². The van der Waals surface area contributed by atoms with Crippen molar-refractivity contribution in [3.8, 4) is 0 Å². The predicted molar refractivity (Wildman–Crippen MR) is 108 cm³/mol. The number of thiophene rings is 1. The second kappa shape index (κ2) is 7.09. The van der Waals surface area contributed by atoms with Gasteiger partial charge in [-0.1, -0.05) is 13.8 Å². The minimum atomic E-state index is -0.198. The lowest BCUT2D eigenvalue weighted by Crippen LogP contribution is -2.49. The zero-order valence-corrected chi connectivity index (χ0v) is 16.9. The van der Waals surface area contributed by atoms with E-state index in [1.54, 1.807) is 11.3 Å². The van der Waals surface area contributed by atoms with Gasteiger partial charge in [-0.05, 0) is 25.6 Å². The van der Waals surface area contributed by atoms with Crippen LogP contribution in [0.25, 0.3) is 15.7 Å². The maximum Gasteiger partial charge on any atom is 0.291 e. The van der Waals surface area contributed by atoms with Crippen molar-refractivity contribution in [3.63, 3.8) is 0 Å². The minimum absolute atomic E-state index is 0.00505. The van der Waals surface area contributed by atoms with Gasteiger partial charge in [0.15, 0.2) is 0 Å². The monoisotopic (exact) mass is 387 g/mol. The molecule has 0 N–H and O–H groups in total. The zero-order chi connectivity index (χ0) is 19.1. The molecule has 7 nitrogen and oxygen atoms in total. The summed E-state index contributed by atoms with van der Waals surface area (Å²) in [6, 6.07) is 4.09. The molecule has 3 aromatic rings. The number of carbonyl (C=O) groups excluding carboxylic acids is 1. The van der Waals surface area contributed by atoms with E-state index < -0.39 is 0 Å². The molecule has 4 heterocycles. The zero-order valence-electron chi connectivity index (χ0n) is 16.1. The van der Waals surface area contributed by atoms with Gasteiger partial charge >= 0.3 is 0 Å². The first-order valence-electron chi connectivity index (χ1n) is 9.52. The van der Waals surface area contributed by atoms with Crippen LogP contribution in [0.5, 0.6) is 0 Å². The fourth-order valence-corrected chi connectivity index (χ4v) is 4.66. The summed E-state index contributed by atoms with van der Waals surface area (Å²) in [4.78, 5) is 31.0. The summed E-state index contributed by atoms with van der Waals surface area (Å²) in [6.07, 6.45) is 1.67. The summed E-state index contributed by atoms with van der Waals surface area (Å²) in [5.41, 5.74) is 1.46.